The number of nitro benzene ring substituents is 1. The molecule has 0 spiro atoms. The van der Waals surface area contributed by atoms with Gasteiger partial charge in [-0.05, 0) is 19.1 Å². The molecular formula is C18H20N6O3S. The van der Waals surface area contributed by atoms with Crippen LogP contribution in [0.15, 0.2) is 36.2 Å². The lowest BCUT2D eigenvalue weighted by Gasteiger charge is -2.18. The molecule has 1 N–H and O–H groups in total. The fourth-order valence-corrected chi connectivity index (χ4v) is 3.96. The highest BCUT2D eigenvalue weighted by molar-refractivity contribution is 8.09. The number of nitro groups is 1. The number of rotatable bonds is 6. The molecule has 0 saturated heterocycles. The van der Waals surface area contributed by atoms with Gasteiger partial charge in [0.15, 0.2) is 6.29 Å². The lowest BCUT2D eigenvalue weighted by molar-refractivity contribution is -0.384. The molecule has 1 aromatic carbocycles. The predicted octanol–water partition coefficient (Wildman–Crippen LogP) is 3.09. The highest BCUT2D eigenvalue weighted by atomic mass is 32.2. The summed E-state index contributed by atoms with van der Waals surface area (Å²) in [6.45, 7) is 1.94. The molecule has 2 aromatic rings. The van der Waals surface area contributed by atoms with Gasteiger partial charge in [-0.3, -0.25) is 10.1 Å². The summed E-state index contributed by atoms with van der Waals surface area (Å²) in [5, 5.41) is 13.9. The van der Waals surface area contributed by atoms with Crippen molar-refractivity contribution in [1.29, 1.82) is 0 Å². The van der Waals surface area contributed by atoms with Gasteiger partial charge in [-0.2, -0.15) is 0 Å². The van der Waals surface area contributed by atoms with Crippen molar-refractivity contribution in [1.82, 2.24) is 14.9 Å². The molecule has 1 unspecified atom stereocenters. The summed E-state index contributed by atoms with van der Waals surface area (Å²) in [6, 6.07) is 6.36. The first-order chi connectivity index (χ1) is 13.3. The Bertz CT molecular complexity index is 962. The number of carbonyl (C=O) groups is 1. The predicted molar refractivity (Wildman–Crippen MR) is 111 cm³/mol. The number of likely N-dealkylation sites (N-methyl/N-ethyl adjacent to an activating group) is 1. The largest absolute Gasteiger partial charge is 0.376 e. The highest BCUT2D eigenvalue weighted by Crippen LogP contribution is 2.41. The topological polar surface area (TPSA) is 104 Å². The van der Waals surface area contributed by atoms with E-state index in [1.165, 1.54) is 23.9 Å². The normalized spacial score (nSPS) is 16.3. The number of non-ortho nitro benzene ring substituents is 1. The van der Waals surface area contributed by atoms with Crippen molar-refractivity contribution in [2.45, 2.75) is 12.3 Å². The van der Waals surface area contributed by atoms with E-state index in [2.05, 4.69) is 15.3 Å². The number of allylic oxidation sites excluding steroid dienone is 1. The summed E-state index contributed by atoms with van der Waals surface area (Å²) in [6.07, 6.45) is 2.51. The summed E-state index contributed by atoms with van der Waals surface area (Å²) < 4.78 is 0. The molecule has 0 saturated carbocycles. The number of nitrogens with zero attached hydrogens (tertiary/aromatic N) is 5. The van der Waals surface area contributed by atoms with Gasteiger partial charge in [-0.1, -0.05) is 11.8 Å². The van der Waals surface area contributed by atoms with Crippen molar-refractivity contribution in [2.75, 3.05) is 31.4 Å². The van der Waals surface area contributed by atoms with E-state index in [0.29, 0.717) is 17.3 Å². The van der Waals surface area contributed by atoms with Crippen LogP contribution in [0.4, 0.5) is 23.0 Å². The van der Waals surface area contributed by atoms with Crippen LogP contribution in [0.25, 0.3) is 4.91 Å². The Balaban J connectivity index is 1.95. The molecule has 0 amide bonds. The number of hydrogen-bond acceptors (Lipinski definition) is 9. The molecule has 2 heterocycles. The minimum Gasteiger partial charge on any atom is -0.376 e. The fraction of sp³-hybridized carbons (Fsp3) is 0.278. The maximum absolute atomic E-state index is 11.2. The number of aromatic nitrogens is 2. The van der Waals surface area contributed by atoms with Gasteiger partial charge >= 0.3 is 0 Å². The van der Waals surface area contributed by atoms with Crippen molar-refractivity contribution >= 4 is 46.0 Å². The molecule has 1 aliphatic rings. The second-order valence-corrected chi connectivity index (χ2v) is 7.54. The Morgan fingerprint density at radius 3 is 2.71 bits per heavy atom. The number of aldehydes is 1. The van der Waals surface area contributed by atoms with Crippen LogP contribution < -0.4 is 10.2 Å². The monoisotopic (exact) mass is 400 g/mol. The summed E-state index contributed by atoms with van der Waals surface area (Å²) >= 11 is 1.43. The average molecular weight is 400 g/mol. The van der Waals surface area contributed by atoms with Gasteiger partial charge < -0.3 is 19.9 Å². The van der Waals surface area contributed by atoms with Gasteiger partial charge in [0.05, 0.1) is 26.9 Å². The molecule has 146 valence electrons. The van der Waals surface area contributed by atoms with Crippen LogP contribution in [0.1, 0.15) is 12.6 Å². The molecule has 3 rings (SSSR count). The molecule has 9 nitrogen and oxygen atoms in total. The van der Waals surface area contributed by atoms with E-state index < -0.39 is 4.92 Å². The van der Waals surface area contributed by atoms with Crippen molar-refractivity contribution in [3.05, 3.63) is 52.0 Å². The van der Waals surface area contributed by atoms with Crippen LogP contribution in [0.3, 0.4) is 0 Å². The molecule has 10 heteroatoms. The van der Waals surface area contributed by atoms with Crippen molar-refractivity contribution in [3.8, 4) is 0 Å². The number of anilines is 3. The molecule has 1 aliphatic heterocycles. The Hall–Kier alpha value is -3.14. The van der Waals surface area contributed by atoms with E-state index in [-0.39, 0.29) is 11.1 Å². The van der Waals surface area contributed by atoms with E-state index in [0.717, 1.165) is 22.6 Å². The smallest absolute Gasteiger partial charge is 0.271 e. The highest BCUT2D eigenvalue weighted by Gasteiger charge is 2.28. The summed E-state index contributed by atoms with van der Waals surface area (Å²) in [5.74, 6) is 0.319. The summed E-state index contributed by atoms with van der Waals surface area (Å²) in [7, 11) is 5.56. The number of carbonyl (C=O) groups excluding carboxylic acids is 1. The molecule has 0 fully saturated rings. The Kier molecular flexibility index (Phi) is 5.50. The quantitative estimate of drug-likeness (QED) is 0.445. The Labute approximate surface area is 166 Å². The second kappa shape index (κ2) is 7.85. The molecule has 28 heavy (non-hydrogen) atoms. The SMILES string of the molecule is CC1=C(c2ccnc(Nc3cc([N+](=O)[O-])ccc3N(C)C)n2)SC(C=O)N1C. The van der Waals surface area contributed by atoms with Gasteiger partial charge in [-0.15, -0.1) is 0 Å². The third kappa shape index (κ3) is 3.77. The first kappa shape index (κ1) is 19.6. The first-order valence-electron chi connectivity index (χ1n) is 8.43. The van der Waals surface area contributed by atoms with E-state index in [1.807, 2.05) is 37.9 Å². The van der Waals surface area contributed by atoms with E-state index in [9.17, 15) is 14.9 Å². The van der Waals surface area contributed by atoms with Gasteiger partial charge in [-0.25, -0.2) is 9.97 Å². The van der Waals surface area contributed by atoms with Gasteiger partial charge in [0.25, 0.3) is 5.69 Å². The molecule has 1 atom stereocenters. The Morgan fingerprint density at radius 1 is 1.36 bits per heavy atom. The standard InChI is InChI=1S/C18H20N6O3S/c1-11-17(28-16(10-25)23(11)4)13-7-8-19-18(20-13)21-14-9-12(24(26)27)5-6-15(14)22(2)3/h5-10,16H,1-4H3,(H,19,20,21). The van der Waals surface area contributed by atoms with E-state index >= 15 is 0 Å². The minimum atomic E-state index is -0.444. The van der Waals surface area contributed by atoms with Crippen molar-refractivity contribution in [3.63, 3.8) is 0 Å². The summed E-state index contributed by atoms with van der Waals surface area (Å²) in [4.78, 5) is 35.4. The van der Waals surface area contributed by atoms with Gasteiger partial charge in [0.1, 0.15) is 5.37 Å². The maximum Gasteiger partial charge on any atom is 0.271 e. The first-order valence-corrected chi connectivity index (χ1v) is 9.31. The summed E-state index contributed by atoms with van der Waals surface area (Å²) in [5.41, 5.74) is 2.92. The van der Waals surface area contributed by atoms with Crippen molar-refractivity contribution < 1.29 is 9.72 Å². The van der Waals surface area contributed by atoms with Gasteiger partial charge in [0.2, 0.25) is 5.95 Å². The average Bonchev–Trinajstić information content (AvgIpc) is 2.96. The zero-order valence-corrected chi connectivity index (χ0v) is 16.7. The Morgan fingerprint density at radius 2 is 2.11 bits per heavy atom. The zero-order chi connectivity index (χ0) is 20.4. The molecular weight excluding hydrogens is 380 g/mol. The number of hydrogen-bond donors (Lipinski definition) is 1. The second-order valence-electron chi connectivity index (χ2n) is 6.41. The number of thioether (sulfide) groups is 1. The van der Waals surface area contributed by atoms with Crippen LogP contribution >= 0.6 is 11.8 Å². The van der Waals surface area contributed by atoms with Crippen LogP contribution in [-0.2, 0) is 4.79 Å². The van der Waals surface area contributed by atoms with Crippen molar-refractivity contribution in [2.24, 2.45) is 0 Å². The van der Waals surface area contributed by atoms with Crippen LogP contribution in [0.5, 0.6) is 0 Å². The van der Waals surface area contributed by atoms with Gasteiger partial charge in [0, 0.05) is 45.2 Å². The third-order valence-corrected chi connectivity index (χ3v) is 5.81. The van der Waals surface area contributed by atoms with Crippen LogP contribution in [-0.4, -0.2) is 52.6 Å². The molecule has 0 radical (unpaired) electrons. The molecule has 0 bridgehead atoms. The molecule has 1 aromatic heterocycles. The lowest BCUT2D eigenvalue weighted by atomic mass is 10.2. The lowest BCUT2D eigenvalue weighted by Crippen LogP contribution is -2.23. The number of nitrogens with one attached hydrogen (secondary N) is 1. The maximum atomic E-state index is 11.2. The van der Waals surface area contributed by atoms with E-state index in [1.54, 1.807) is 18.3 Å². The fourth-order valence-electron chi connectivity index (χ4n) is 2.79. The zero-order valence-electron chi connectivity index (χ0n) is 15.9. The minimum absolute atomic E-state index is 0.0235. The van der Waals surface area contributed by atoms with Crippen LogP contribution in [0, 0.1) is 10.1 Å². The molecule has 0 aliphatic carbocycles. The van der Waals surface area contributed by atoms with Crippen LogP contribution in [0.2, 0.25) is 0 Å². The number of benzene rings is 1. The third-order valence-electron chi connectivity index (χ3n) is 4.40. The van der Waals surface area contributed by atoms with E-state index in [4.69, 9.17) is 0 Å².